The first-order valence-electron chi connectivity index (χ1n) is 8.21. The van der Waals surface area contributed by atoms with E-state index in [1.807, 2.05) is 12.1 Å². The zero-order valence-electron chi connectivity index (χ0n) is 13.8. The number of nitrogens with two attached hydrogens (primary N) is 1. The van der Waals surface area contributed by atoms with Crippen LogP contribution in [0.2, 0.25) is 0 Å². The maximum absolute atomic E-state index is 11.0. The molecule has 0 bridgehead atoms. The molecule has 0 fully saturated rings. The van der Waals surface area contributed by atoms with E-state index in [2.05, 4.69) is 23.4 Å². The number of hydrogen-bond acceptors (Lipinski definition) is 3. The van der Waals surface area contributed by atoms with Crippen LogP contribution < -0.4 is 5.73 Å². The van der Waals surface area contributed by atoms with Gasteiger partial charge in [0.2, 0.25) is 0 Å². The summed E-state index contributed by atoms with van der Waals surface area (Å²) in [6.07, 6.45) is 5.37. The molecule has 0 amide bonds. The summed E-state index contributed by atoms with van der Waals surface area (Å²) in [5.74, 6) is -0.846. The first-order valence-corrected chi connectivity index (χ1v) is 8.21. The molecular weight excluding hydrogens is 316 g/mol. The standard InChI is InChI=1S/C20H20N2O3/c21-19(15-9-5-10-16(12-15)20(23)24)22-25-13-17-8-2-1-6-14-7-3-4-11-18(14)17/h3-5,7-12H,1-2,6,13H2,(H2,21,22)(H,23,24). The Hall–Kier alpha value is -3.08. The summed E-state index contributed by atoms with van der Waals surface area (Å²) in [7, 11) is 0. The molecule has 1 aliphatic rings. The van der Waals surface area contributed by atoms with Gasteiger partial charge in [-0.15, -0.1) is 0 Å². The highest BCUT2D eigenvalue weighted by Gasteiger charge is 2.11. The number of nitrogens with zero attached hydrogens (tertiary/aromatic N) is 1. The van der Waals surface area contributed by atoms with Crippen molar-refractivity contribution in [3.05, 3.63) is 76.9 Å². The van der Waals surface area contributed by atoms with Gasteiger partial charge >= 0.3 is 5.97 Å². The minimum Gasteiger partial charge on any atom is -0.478 e. The number of carbonyl (C=O) groups is 1. The highest BCUT2D eigenvalue weighted by molar-refractivity contribution is 5.99. The van der Waals surface area contributed by atoms with E-state index in [9.17, 15) is 4.79 Å². The third-order valence-electron chi connectivity index (χ3n) is 4.19. The predicted molar refractivity (Wildman–Crippen MR) is 97.4 cm³/mol. The number of aromatic carboxylic acids is 1. The molecule has 0 heterocycles. The van der Waals surface area contributed by atoms with Crippen molar-refractivity contribution in [2.45, 2.75) is 19.3 Å². The molecule has 0 saturated carbocycles. The largest absolute Gasteiger partial charge is 0.478 e. The summed E-state index contributed by atoms with van der Waals surface area (Å²) in [4.78, 5) is 16.5. The third-order valence-corrected chi connectivity index (χ3v) is 4.19. The first kappa shape index (κ1) is 16.8. The summed E-state index contributed by atoms with van der Waals surface area (Å²) in [5, 5.41) is 13.0. The Morgan fingerprint density at radius 1 is 1.16 bits per heavy atom. The zero-order chi connectivity index (χ0) is 17.6. The Kier molecular flexibility index (Phi) is 5.14. The number of allylic oxidation sites excluding steroid dienone is 1. The SMILES string of the molecule is N/C(=N\OCC1=CCCCc2ccccc21)c1cccc(C(=O)O)c1. The van der Waals surface area contributed by atoms with E-state index in [-0.39, 0.29) is 11.4 Å². The lowest BCUT2D eigenvalue weighted by Gasteiger charge is -2.10. The molecule has 1 aliphatic carbocycles. The molecule has 0 saturated heterocycles. The second kappa shape index (κ2) is 7.66. The molecule has 0 aromatic heterocycles. The van der Waals surface area contributed by atoms with Crippen LogP contribution in [0, 0.1) is 0 Å². The predicted octanol–water partition coefficient (Wildman–Crippen LogP) is 3.44. The lowest BCUT2D eigenvalue weighted by molar-refractivity contribution is 0.0697. The van der Waals surface area contributed by atoms with Crippen LogP contribution in [-0.4, -0.2) is 23.5 Å². The minimum atomic E-state index is -1.00. The average molecular weight is 336 g/mol. The van der Waals surface area contributed by atoms with Crippen molar-refractivity contribution in [2.75, 3.05) is 6.61 Å². The molecule has 25 heavy (non-hydrogen) atoms. The number of oxime groups is 1. The van der Waals surface area contributed by atoms with E-state index in [1.165, 1.54) is 23.3 Å². The average Bonchev–Trinajstić information content (AvgIpc) is 2.84. The van der Waals surface area contributed by atoms with Crippen LogP contribution in [-0.2, 0) is 11.3 Å². The Morgan fingerprint density at radius 2 is 1.96 bits per heavy atom. The van der Waals surface area contributed by atoms with Crippen LogP contribution in [0.1, 0.15) is 39.9 Å². The summed E-state index contributed by atoms with van der Waals surface area (Å²) < 4.78 is 0. The van der Waals surface area contributed by atoms with Crippen LogP contribution in [0.25, 0.3) is 5.57 Å². The normalized spacial score (nSPS) is 14.2. The Morgan fingerprint density at radius 3 is 2.80 bits per heavy atom. The zero-order valence-corrected chi connectivity index (χ0v) is 13.8. The van der Waals surface area contributed by atoms with Gasteiger partial charge in [-0.05, 0) is 48.1 Å². The van der Waals surface area contributed by atoms with E-state index in [0.29, 0.717) is 12.2 Å². The van der Waals surface area contributed by atoms with Crippen molar-refractivity contribution in [3.8, 4) is 0 Å². The van der Waals surface area contributed by atoms with E-state index >= 15 is 0 Å². The number of rotatable bonds is 5. The molecule has 5 heteroatoms. The van der Waals surface area contributed by atoms with Crippen molar-refractivity contribution >= 4 is 17.4 Å². The van der Waals surface area contributed by atoms with E-state index in [0.717, 1.165) is 24.8 Å². The number of benzene rings is 2. The highest BCUT2D eigenvalue weighted by Crippen LogP contribution is 2.25. The molecule has 0 atom stereocenters. The molecule has 2 aromatic carbocycles. The van der Waals surface area contributed by atoms with Gasteiger partial charge in [-0.25, -0.2) is 4.79 Å². The smallest absolute Gasteiger partial charge is 0.335 e. The second-order valence-electron chi connectivity index (χ2n) is 5.91. The van der Waals surface area contributed by atoms with Crippen LogP contribution in [0.4, 0.5) is 0 Å². The van der Waals surface area contributed by atoms with Crippen molar-refractivity contribution in [2.24, 2.45) is 10.9 Å². The van der Waals surface area contributed by atoms with Gasteiger partial charge in [0.25, 0.3) is 0 Å². The molecule has 2 aromatic rings. The number of hydrogen-bond donors (Lipinski definition) is 2. The summed E-state index contributed by atoms with van der Waals surface area (Å²) in [5.41, 5.74) is 10.2. The number of aryl methyl sites for hydroxylation is 1. The fraction of sp³-hybridized carbons (Fsp3) is 0.200. The molecule has 0 aliphatic heterocycles. The Balaban J connectivity index is 1.72. The third kappa shape index (κ3) is 4.07. The maximum atomic E-state index is 11.0. The van der Waals surface area contributed by atoms with Crippen LogP contribution in [0.5, 0.6) is 0 Å². The van der Waals surface area contributed by atoms with Gasteiger partial charge in [-0.1, -0.05) is 47.6 Å². The monoisotopic (exact) mass is 336 g/mol. The number of carboxylic acids is 1. The molecule has 128 valence electrons. The maximum Gasteiger partial charge on any atom is 0.335 e. The Labute approximate surface area is 146 Å². The van der Waals surface area contributed by atoms with Crippen LogP contribution >= 0.6 is 0 Å². The lowest BCUT2D eigenvalue weighted by atomic mass is 10.00. The van der Waals surface area contributed by atoms with Gasteiger partial charge in [0.15, 0.2) is 5.84 Å². The molecule has 5 nitrogen and oxygen atoms in total. The molecule has 3 rings (SSSR count). The number of carboxylic acid groups (broad SMARTS) is 1. The Bertz CT molecular complexity index is 840. The van der Waals surface area contributed by atoms with Gasteiger partial charge in [0.05, 0.1) is 5.56 Å². The number of amidine groups is 1. The van der Waals surface area contributed by atoms with Gasteiger partial charge in [-0.3, -0.25) is 0 Å². The fourth-order valence-electron chi connectivity index (χ4n) is 2.90. The van der Waals surface area contributed by atoms with Crippen molar-refractivity contribution < 1.29 is 14.7 Å². The molecular formula is C20H20N2O3. The quantitative estimate of drug-likeness (QED) is 0.497. The van der Waals surface area contributed by atoms with E-state index < -0.39 is 5.97 Å². The number of fused-ring (bicyclic) bond motifs is 1. The van der Waals surface area contributed by atoms with Crippen molar-refractivity contribution in [3.63, 3.8) is 0 Å². The van der Waals surface area contributed by atoms with Gasteiger partial charge in [-0.2, -0.15) is 0 Å². The second-order valence-corrected chi connectivity index (χ2v) is 5.91. The van der Waals surface area contributed by atoms with E-state index in [4.69, 9.17) is 15.7 Å². The van der Waals surface area contributed by atoms with Gasteiger partial charge in [0, 0.05) is 5.56 Å². The van der Waals surface area contributed by atoms with E-state index in [1.54, 1.807) is 12.1 Å². The lowest BCUT2D eigenvalue weighted by Crippen LogP contribution is -2.15. The van der Waals surface area contributed by atoms with Crippen LogP contribution in [0.15, 0.2) is 59.8 Å². The van der Waals surface area contributed by atoms with Gasteiger partial charge < -0.3 is 15.7 Å². The summed E-state index contributed by atoms with van der Waals surface area (Å²) in [6.45, 7) is 0.330. The highest BCUT2D eigenvalue weighted by atomic mass is 16.6. The summed E-state index contributed by atoms with van der Waals surface area (Å²) >= 11 is 0. The van der Waals surface area contributed by atoms with Crippen molar-refractivity contribution in [1.82, 2.24) is 0 Å². The molecule has 0 spiro atoms. The molecule has 0 radical (unpaired) electrons. The van der Waals surface area contributed by atoms with Crippen molar-refractivity contribution in [1.29, 1.82) is 0 Å². The van der Waals surface area contributed by atoms with Gasteiger partial charge in [0.1, 0.15) is 6.61 Å². The minimum absolute atomic E-state index is 0.158. The molecule has 3 N–H and O–H groups in total. The van der Waals surface area contributed by atoms with Crippen LogP contribution in [0.3, 0.4) is 0 Å². The topological polar surface area (TPSA) is 84.9 Å². The molecule has 0 unspecified atom stereocenters. The first-order chi connectivity index (χ1) is 12.1. The fourth-order valence-corrected chi connectivity index (χ4v) is 2.90. The summed E-state index contributed by atoms with van der Waals surface area (Å²) in [6, 6.07) is 14.6.